The molecule has 0 unspecified atom stereocenters. The Morgan fingerprint density at radius 2 is 1.75 bits per heavy atom. The molecule has 2 aromatic heterocycles. The molecule has 2 aromatic rings. The Morgan fingerprint density at radius 1 is 1.05 bits per heavy atom. The van der Waals surface area contributed by atoms with E-state index in [1.165, 1.54) is 50.6 Å². The van der Waals surface area contributed by atoms with E-state index in [4.69, 9.17) is 11.6 Å². The lowest BCUT2D eigenvalue weighted by molar-refractivity contribution is 0.147. The highest BCUT2D eigenvalue weighted by atomic mass is 35.5. The van der Waals surface area contributed by atoms with Crippen LogP contribution in [0.3, 0.4) is 0 Å². The van der Waals surface area contributed by atoms with Crippen molar-refractivity contribution in [2.75, 3.05) is 0 Å². The van der Waals surface area contributed by atoms with E-state index in [1.54, 1.807) is 6.20 Å². The smallest absolute Gasteiger partial charge is 0.218 e. The number of hydrogen-bond acceptors (Lipinski definition) is 3. The zero-order chi connectivity index (χ0) is 13.8. The molecule has 0 aliphatic heterocycles. The lowest BCUT2D eigenvalue weighted by Crippen LogP contribution is -2.35. The number of hydrogen-bond donors (Lipinski definition) is 0. The maximum absolute atomic E-state index is 6.02. The first kappa shape index (κ1) is 12.6. The summed E-state index contributed by atoms with van der Waals surface area (Å²) in [4.78, 5) is 8.69. The second-order valence-electron chi connectivity index (χ2n) is 6.64. The number of nitrogens with zero attached hydrogens (tertiary/aromatic N) is 4. The van der Waals surface area contributed by atoms with E-state index in [1.807, 2.05) is 10.7 Å². The fraction of sp³-hybridized carbons (Fsp3) is 0.667. The maximum Gasteiger partial charge on any atom is 0.250 e. The predicted molar refractivity (Wildman–Crippen MR) is 77.9 cm³/mol. The fourth-order valence-corrected chi connectivity index (χ4v) is 4.31. The van der Waals surface area contributed by atoms with Gasteiger partial charge in [-0.1, -0.05) is 37.8 Å². The van der Waals surface area contributed by atoms with Gasteiger partial charge in [0.15, 0.2) is 5.15 Å². The fourth-order valence-electron chi connectivity index (χ4n) is 4.19. The van der Waals surface area contributed by atoms with Gasteiger partial charge in [-0.2, -0.15) is 9.61 Å². The Hall–Kier alpha value is -1.16. The lowest BCUT2D eigenvalue weighted by atomic mass is 9.64. The van der Waals surface area contributed by atoms with Crippen LogP contribution in [0.2, 0.25) is 5.15 Å². The van der Waals surface area contributed by atoms with Crippen LogP contribution in [0, 0.1) is 5.41 Å². The number of halogens is 1. The Bertz CT molecular complexity index is 653. The van der Waals surface area contributed by atoms with Crippen molar-refractivity contribution in [3.8, 4) is 0 Å². The summed E-state index contributed by atoms with van der Waals surface area (Å²) in [7, 11) is 0. The monoisotopic (exact) mass is 290 g/mol. The molecule has 0 N–H and O–H groups in total. The Morgan fingerprint density at radius 3 is 2.45 bits per heavy atom. The molecule has 4 nitrogen and oxygen atoms in total. The van der Waals surface area contributed by atoms with E-state index >= 15 is 0 Å². The third kappa shape index (κ3) is 1.63. The number of rotatable bonds is 2. The normalized spacial score (nSPS) is 23.9. The van der Waals surface area contributed by atoms with Crippen molar-refractivity contribution in [3.05, 3.63) is 23.2 Å². The minimum Gasteiger partial charge on any atom is -0.218 e. The van der Waals surface area contributed by atoms with Crippen LogP contribution in [0.15, 0.2) is 12.4 Å². The van der Waals surface area contributed by atoms with E-state index in [-0.39, 0.29) is 5.41 Å². The van der Waals surface area contributed by atoms with Gasteiger partial charge >= 0.3 is 0 Å². The SMILES string of the molecule is CC1(C2(c3cnc4ncc(Cl)nn34)CC2)CCCCC1. The first-order chi connectivity index (χ1) is 9.65. The molecule has 2 saturated carbocycles. The van der Waals surface area contributed by atoms with Crippen LogP contribution in [0.25, 0.3) is 5.78 Å². The molecule has 0 atom stereocenters. The van der Waals surface area contributed by atoms with Crippen molar-refractivity contribution in [1.29, 1.82) is 0 Å². The molecular weight excluding hydrogens is 272 g/mol. The molecule has 2 aliphatic rings. The molecule has 4 rings (SSSR count). The molecule has 0 bridgehead atoms. The van der Waals surface area contributed by atoms with Gasteiger partial charge in [-0.05, 0) is 31.1 Å². The summed E-state index contributed by atoms with van der Waals surface area (Å²) < 4.78 is 1.87. The highest BCUT2D eigenvalue weighted by Gasteiger charge is 2.59. The average Bonchev–Trinajstić information content (AvgIpc) is 3.16. The summed E-state index contributed by atoms with van der Waals surface area (Å²) in [5, 5.41) is 4.86. The summed E-state index contributed by atoms with van der Waals surface area (Å²) in [5.41, 5.74) is 1.84. The highest BCUT2D eigenvalue weighted by molar-refractivity contribution is 6.29. The second-order valence-corrected chi connectivity index (χ2v) is 7.03. The molecule has 0 saturated heterocycles. The number of imidazole rings is 1. The van der Waals surface area contributed by atoms with Crippen LogP contribution in [0.4, 0.5) is 0 Å². The molecule has 2 heterocycles. The third-order valence-corrected chi connectivity index (χ3v) is 5.73. The molecule has 2 fully saturated rings. The average molecular weight is 291 g/mol. The van der Waals surface area contributed by atoms with E-state index in [9.17, 15) is 0 Å². The van der Waals surface area contributed by atoms with Crippen LogP contribution in [0.5, 0.6) is 0 Å². The lowest BCUT2D eigenvalue weighted by Gasteiger charge is -2.41. The van der Waals surface area contributed by atoms with Crippen LogP contribution < -0.4 is 0 Å². The summed E-state index contributed by atoms with van der Waals surface area (Å²) in [6, 6.07) is 0. The Kier molecular flexibility index (Phi) is 2.62. The summed E-state index contributed by atoms with van der Waals surface area (Å²) in [5.74, 6) is 0.662. The van der Waals surface area contributed by atoms with Gasteiger partial charge in [-0.3, -0.25) is 0 Å². The van der Waals surface area contributed by atoms with Crippen LogP contribution in [-0.4, -0.2) is 19.6 Å². The first-order valence-corrected chi connectivity index (χ1v) is 7.89. The minimum absolute atomic E-state index is 0.242. The third-order valence-electron chi connectivity index (χ3n) is 5.55. The molecule has 0 aromatic carbocycles. The predicted octanol–water partition coefficient (Wildman–Crippen LogP) is 3.78. The molecule has 2 aliphatic carbocycles. The van der Waals surface area contributed by atoms with Gasteiger partial charge in [-0.25, -0.2) is 9.97 Å². The zero-order valence-corrected chi connectivity index (χ0v) is 12.5. The van der Waals surface area contributed by atoms with E-state index < -0.39 is 0 Å². The van der Waals surface area contributed by atoms with Gasteiger partial charge in [0.2, 0.25) is 0 Å². The summed E-state index contributed by atoms with van der Waals surface area (Å²) in [6.45, 7) is 2.45. The molecule has 20 heavy (non-hydrogen) atoms. The van der Waals surface area contributed by atoms with Gasteiger partial charge in [0, 0.05) is 5.41 Å². The van der Waals surface area contributed by atoms with Gasteiger partial charge in [0.25, 0.3) is 5.78 Å². The maximum atomic E-state index is 6.02. The van der Waals surface area contributed by atoms with Crippen molar-refractivity contribution in [2.24, 2.45) is 5.41 Å². The molecule has 0 radical (unpaired) electrons. The Balaban J connectivity index is 1.84. The molecule has 106 valence electrons. The summed E-state index contributed by atoms with van der Waals surface area (Å²) in [6.07, 6.45) is 12.7. The summed E-state index contributed by atoms with van der Waals surface area (Å²) >= 11 is 6.02. The Labute approximate surface area is 123 Å². The van der Waals surface area contributed by atoms with Crippen LogP contribution >= 0.6 is 11.6 Å². The number of fused-ring (bicyclic) bond motifs is 1. The van der Waals surface area contributed by atoms with E-state index in [2.05, 4.69) is 22.0 Å². The van der Waals surface area contributed by atoms with E-state index in [0.717, 1.165) is 0 Å². The number of aromatic nitrogens is 4. The van der Waals surface area contributed by atoms with E-state index in [0.29, 0.717) is 16.3 Å². The van der Waals surface area contributed by atoms with Crippen molar-refractivity contribution in [3.63, 3.8) is 0 Å². The second kappa shape index (κ2) is 4.17. The largest absolute Gasteiger partial charge is 0.250 e. The van der Waals surface area contributed by atoms with Gasteiger partial charge in [0.1, 0.15) is 0 Å². The van der Waals surface area contributed by atoms with Crippen LogP contribution in [0.1, 0.15) is 57.6 Å². The van der Waals surface area contributed by atoms with Crippen LogP contribution in [-0.2, 0) is 5.41 Å². The van der Waals surface area contributed by atoms with Crippen molar-refractivity contribution in [1.82, 2.24) is 19.6 Å². The zero-order valence-electron chi connectivity index (χ0n) is 11.8. The molecule has 0 amide bonds. The van der Waals surface area contributed by atoms with Crippen molar-refractivity contribution >= 4 is 17.4 Å². The molecular formula is C15H19ClN4. The molecule has 5 heteroatoms. The molecule has 0 spiro atoms. The highest BCUT2D eigenvalue weighted by Crippen LogP contribution is 2.64. The van der Waals surface area contributed by atoms with Crippen molar-refractivity contribution < 1.29 is 0 Å². The van der Waals surface area contributed by atoms with Crippen molar-refractivity contribution in [2.45, 2.75) is 57.3 Å². The quantitative estimate of drug-likeness (QED) is 0.845. The minimum atomic E-state index is 0.242. The van der Waals surface area contributed by atoms with Gasteiger partial charge in [-0.15, -0.1) is 0 Å². The first-order valence-electron chi connectivity index (χ1n) is 7.51. The van der Waals surface area contributed by atoms with Gasteiger partial charge in [0.05, 0.1) is 18.1 Å². The standard InChI is InChI=1S/C15H19ClN4/c1-14(5-3-2-4-6-14)15(7-8-15)11-9-17-13-18-10-12(16)19-20(11)13/h9-10H,2-8H2,1H3. The topological polar surface area (TPSA) is 43.1 Å². The van der Waals surface area contributed by atoms with Gasteiger partial charge < -0.3 is 0 Å².